The van der Waals surface area contributed by atoms with Crippen molar-refractivity contribution in [3.8, 4) is 24.2 Å². The Morgan fingerprint density at radius 1 is 1.53 bits per heavy atom. The van der Waals surface area contributed by atoms with Crippen LogP contribution in [-0.4, -0.2) is 0 Å². The minimum atomic E-state index is 0.222. The van der Waals surface area contributed by atoms with E-state index in [0.29, 0.717) is 0 Å². The second-order valence-electron chi connectivity index (χ2n) is 3.40. The zero-order chi connectivity index (χ0) is 11.1. The lowest BCUT2D eigenvalue weighted by atomic mass is 9.95. The molecule has 0 bridgehead atoms. The van der Waals surface area contributed by atoms with Crippen molar-refractivity contribution in [2.45, 2.75) is 39.0 Å². The summed E-state index contributed by atoms with van der Waals surface area (Å²) < 4.78 is 5.29. The Morgan fingerprint density at radius 2 is 2.33 bits per heavy atom. The lowest BCUT2D eigenvalue weighted by molar-refractivity contribution is 0.527. The standard InChI is InChI=1S/C14H16O/c1-4-6-8-13(9-7-5-2)14-10-11-15-12(14)3/h1,10-11,13H,5-6,8H2,2-3H3. The van der Waals surface area contributed by atoms with Crippen LogP contribution in [-0.2, 0) is 0 Å². The Balaban J connectivity index is 2.82. The van der Waals surface area contributed by atoms with Crippen LogP contribution in [0.2, 0.25) is 0 Å². The van der Waals surface area contributed by atoms with Crippen molar-refractivity contribution in [1.82, 2.24) is 0 Å². The third-order valence-electron chi connectivity index (χ3n) is 2.30. The zero-order valence-electron chi connectivity index (χ0n) is 9.34. The van der Waals surface area contributed by atoms with Crippen LogP contribution in [0.15, 0.2) is 16.7 Å². The summed E-state index contributed by atoms with van der Waals surface area (Å²) in [4.78, 5) is 0. The normalized spacial score (nSPS) is 11.3. The molecule has 1 heterocycles. The summed E-state index contributed by atoms with van der Waals surface area (Å²) in [5.41, 5.74) is 1.17. The molecule has 0 saturated heterocycles. The molecule has 1 aromatic rings. The molecule has 0 aliphatic rings. The maximum atomic E-state index is 5.29. The van der Waals surface area contributed by atoms with Gasteiger partial charge in [-0.05, 0) is 19.4 Å². The maximum Gasteiger partial charge on any atom is 0.105 e. The largest absolute Gasteiger partial charge is 0.469 e. The minimum absolute atomic E-state index is 0.222. The summed E-state index contributed by atoms with van der Waals surface area (Å²) in [6.07, 6.45) is 9.53. The molecule has 1 unspecified atom stereocenters. The third-order valence-corrected chi connectivity index (χ3v) is 2.30. The maximum absolute atomic E-state index is 5.29. The van der Waals surface area contributed by atoms with Crippen LogP contribution in [0, 0.1) is 31.1 Å². The van der Waals surface area contributed by atoms with Gasteiger partial charge in [0, 0.05) is 24.3 Å². The van der Waals surface area contributed by atoms with Crippen LogP contribution in [0.25, 0.3) is 0 Å². The molecule has 15 heavy (non-hydrogen) atoms. The van der Waals surface area contributed by atoms with E-state index in [2.05, 4.69) is 17.8 Å². The highest BCUT2D eigenvalue weighted by atomic mass is 16.3. The molecule has 1 aromatic heterocycles. The van der Waals surface area contributed by atoms with E-state index in [4.69, 9.17) is 10.8 Å². The van der Waals surface area contributed by atoms with Crippen LogP contribution in [0.1, 0.15) is 43.4 Å². The smallest absolute Gasteiger partial charge is 0.105 e. The van der Waals surface area contributed by atoms with Gasteiger partial charge in [-0.2, -0.15) is 0 Å². The summed E-state index contributed by atoms with van der Waals surface area (Å²) in [6.45, 7) is 4.01. The van der Waals surface area contributed by atoms with Gasteiger partial charge in [0.15, 0.2) is 0 Å². The number of hydrogen-bond donors (Lipinski definition) is 0. The van der Waals surface area contributed by atoms with E-state index in [1.54, 1.807) is 6.26 Å². The fourth-order valence-electron chi connectivity index (χ4n) is 1.51. The average molecular weight is 200 g/mol. The van der Waals surface area contributed by atoms with E-state index in [0.717, 1.165) is 25.0 Å². The van der Waals surface area contributed by atoms with Gasteiger partial charge in [0.05, 0.1) is 6.26 Å². The van der Waals surface area contributed by atoms with Gasteiger partial charge >= 0.3 is 0 Å². The number of furan rings is 1. The van der Waals surface area contributed by atoms with E-state index >= 15 is 0 Å². The predicted molar refractivity (Wildman–Crippen MR) is 62.3 cm³/mol. The van der Waals surface area contributed by atoms with Gasteiger partial charge in [-0.15, -0.1) is 18.3 Å². The van der Waals surface area contributed by atoms with Crippen molar-refractivity contribution in [1.29, 1.82) is 0 Å². The predicted octanol–water partition coefficient (Wildman–Crippen LogP) is 3.50. The van der Waals surface area contributed by atoms with Crippen molar-refractivity contribution in [2.75, 3.05) is 0 Å². The second kappa shape index (κ2) is 5.99. The molecule has 0 N–H and O–H groups in total. The molecule has 1 atom stereocenters. The van der Waals surface area contributed by atoms with Gasteiger partial charge in [-0.25, -0.2) is 0 Å². The molecule has 1 heteroatoms. The zero-order valence-corrected chi connectivity index (χ0v) is 9.34. The van der Waals surface area contributed by atoms with E-state index < -0.39 is 0 Å². The molecule has 0 fully saturated rings. The summed E-state index contributed by atoms with van der Waals surface area (Å²) in [5, 5.41) is 0. The van der Waals surface area contributed by atoms with E-state index in [-0.39, 0.29) is 5.92 Å². The highest BCUT2D eigenvalue weighted by molar-refractivity contribution is 5.29. The quantitative estimate of drug-likeness (QED) is 0.681. The first-order valence-corrected chi connectivity index (χ1v) is 5.25. The first kappa shape index (κ1) is 11.5. The second-order valence-corrected chi connectivity index (χ2v) is 3.40. The molecule has 1 nitrogen and oxygen atoms in total. The topological polar surface area (TPSA) is 13.1 Å². The van der Waals surface area contributed by atoms with E-state index in [9.17, 15) is 0 Å². The van der Waals surface area contributed by atoms with Gasteiger partial charge in [-0.3, -0.25) is 0 Å². The number of hydrogen-bond acceptors (Lipinski definition) is 1. The molecule has 1 rings (SSSR count). The lowest BCUT2D eigenvalue weighted by Gasteiger charge is -2.07. The summed E-state index contributed by atoms with van der Waals surface area (Å²) in [6, 6.07) is 1.99. The molecule has 0 aromatic carbocycles. The molecular weight excluding hydrogens is 184 g/mol. The molecule has 78 valence electrons. The highest BCUT2D eigenvalue weighted by Gasteiger charge is 2.12. The van der Waals surface area contributed by atoms with Crippen LogP contribution in [0.5, 0.6) is 0 Å². The monoisotopic (exact) mass is 200 g/mol. The van der Waals surface area contributed by atoms with Crippen molar-refractivity contribution in [2.24, 2.45) is 0 Å². The van der Waals surface area contributed by atoms with Crippen LogP contribution in [0.4, 0.5) is 0 Å². The Bertz CT molecular complexity index is 395. The Morgan fingerprint density at radius 3 is 2.87 bits per heavy atom. The molecule has 0 aliphatic heterocycles. The van der Waals surface area contributed by atoms with E-state index in [1.807, 2.05) is 19.9 Å². The molecule has 0 amide bonds. The van der Waals surface area contributed by atoms with Gasteiger partial charge in [0.25, 0.3) is 0 Å². The van der Waals surface area contributed by atoms with Crippen LogP contribution in [0.3, 0.4) is 0 Å². The number of rotatable bonds is 3. The molecule has 0 saturated carbocycles. The Labute approximate surface area is 91.9 Å². The van der Waals surface area contributed by atoms with Gasteiger partial charge in [-0.1, -0.05) is 12.8 Å². The van der Waals surface area contributed by atoms with Gasteiger partial charge < -0.3 is 4.42 Å². The van der Waals surface area contributed by atoms with Crippen LogP contribution < -0.4 is 0 Å². The Hall–Kier alpha value is -1.60. The van der Waals surface area contributed by atoms with Crippen LogP contribution >= 0.6 is 0 Å². The fourth-order valence-corrected chi connectivity index (χ4v) is 1.51. The van der Waals surface area contributed by atoms with Gasteiger partial charge in [0.1, 0.15) is 5.76 Å². The molecule has 0 aliphatic carbocycles. The van der Waals surface area contributed by atoms with Crippen molar-refractivity contribution in [3.05, 3.63) is 23.7 Å². The van der Waals surface area contributed by atoms with Crippen molar-refractivity contribution >= 4 is 0 Å². The SMILES string of the molecule is C#CCCC(C#CCC)c1ccoc1C. The summed E-state index contributed by atoms with van der Waals surface area (Å²) in [5.74, 6) is 10.2. The first-order chi connectivity index (χ1) is 7.29. The molecule has 0 spiro atoms. The Kier molecular flexibility index (Phi) is 4.58. The minimum Gasteiger partial charge on any atom is -0.469 e. The van der Waals surface area contributed by atoms with Gasteiger partial charge in [0.2, 0.25) is 0 Å². The average Bonchev–Trinajstić information content (AvgIpc) is 2.65. The third kappa shape index (κ3) is 3.22. The first-order valence-electron chi connectivity index (χ1n) is 5.25. The lowest BCUT2D eigenvalue weighted by Crippen LogP contribution is -1.95. The number of terminal acetylenes is 1. The van der Waals surface area contributed by atoms with E-state index in [1.165, 1.54) is 5.56 Å². The number of aryl methyl sites for hydroxylation is 1. The highest BCUT2D eigenvalue weighted by Crippen LogP contribution is 2.24. The fraction of sp³-hybridized carbons (Fsp3) is 0.429. The summed E-state index contributed by atoms with van der Waals surface area (Å²) >= 11 is 0. The van der Waals surface area contributed by atoms with Crippen molar-refractivity contribution in [3.63, 3.8) is 0 Å². The summed E-state index contributed by atoms with van der Waals surface area (Å²) in [7, 11) is 0. The van der Waals surface area contributed by atoms with Crippen molar-refractivity contribution < 1.29 is 4.42 Å². The molecule has 0 radical (unpaired) electrons. The molecular formula is C14H16O.